The predicted molar refractivity (Wildman–Crippen MR) is 95.1 cm³/mol. The molecule has 0 atom stereocenters. The number of benzene rings is 2. The molecule has 0 aliphatic carbocycles. The van der Waals surface area contributed by atoms with Crippen LogP contribution in [0.15, 0.2) is 53.2 Å². The molecule has 4 rings (SSSR count). The zero-order chi connectivity index (χ0) is 16.7. The van der Waals surface area contributed by atoms with E-state index < -0.39 is 5.97 Å². The van der Waals surface area contributed by atoms with Crippen molar-refractivity contribution in [2.24, 2.45) is 0 Å². The second-order valence-corrected chi connectivity index (χ2v) is 6.51. The summed E-state index contributed by atoms with van der Waals surface area (Å²) in [5.74, 6) is 0.359. The normalized spacial score (nSPS) is 12.3. The van der Waals surface area contributed by atoms with Crippen LogP contribution in [0.1, 0.15) is 21.5 Å². The fraction of sp³-hybridized carbons (Fsp3) is 0.105. The maximum absolute atomic E-state index is 11.5. The van der Waals surface area contributed by atoms with Crippen molar-refractivity contribution in [3.05, 3.63) is 69.9 Å². The highest BCUT2D eigenvalue weighted by Crippen LogP contribution is 2.47. The lowest BCUT2D eigenvalue weighted by molar-refractivity contribution is 0.0697. The minimum Gasteiger partial charge on any atom is -0.478 e. The highest BCUT2D eigenvalue weighted by Gasteiger charge is 2.26. The molecule has 24 heavy (non-hydrogen) atoms. The van der Waals surface area contributed by atoms with Gasteiger partial charge in [0, 0.05) is 7.05 Å². The number of aromatic carboxylic acids is 1. The first kappa shape index (κ1) is 14.8. The summed E-state index contributed by atoms with van der Waals surface area (Å²) in [6, 6.07) is 13.3. The van der Waals surface area contributed by atoms with Crippen LogP contribution in [0.3, 0.4) is 0 Å². The summed E-state index contributed by atoms with van der Waals surface area (Å²) in [6.45, 7) is 0. The van der Waals surface area contributed by atoms with E-state index in [0.29, 0.717) is 11.4 Å². The van der Waals surface area contributed by atoms with Crippen LogP contribution >= 0.6 is 11.3 Å². The summed E-state index contributed by atoms with van der Waals surface area (Å²) in [7, 11) is 1.87. The van der Waals surface area contributed by atoms with E-state index in [4.69, 9.17) is 4.74 Å². The number of fused-ring (bicyclic) bond motifs is 2. The van der Waals surface area contributed by atoms with Gasteiger partial charge in [-0.25, -0.2) is 4.79 Å². The van der Waals surface area contributed by atoms with Crippen molar-refractivity contribution in [1.29, 1.82) is 0 Å². The third-order valence-electron chi connectivity index (χ3n) is 4.16. The maximum Gasteiger partial charge on any atom is 0.337 e. The fourth-order valence-corrected chi connectivity index (χ4v) is 3.69. The number of carboxylic acid groups (broad SMARTS) is 1. The third-order valence-corrected chi connectivity index (χ3v) is 4.89. The van der Waals surface area contributed by atoms with Gasteiger partial charge in [0.05, 0.1) is 16.9 Å². The van der Waals surface area contributed by atoms with Gasteiger partial charge in [-0.05, 0) is 58.6 Å². The summed E-state index contributed by atoms with van der Waals surface area (Å²) >= 11 is 1.69. The van der Waals surface area contributed by atoms with Crippen molar-refractivity contribution in [3.8, 4) is 11.5 Å². The van der Waals surface area contributed by atoms with Gasteiger partial charge in [0.1, 0.15) is 0 Å². The van der Waals surface area contributed by atoms with Crippen LogP contribution < -0.4 is 9.64 Å². The number of nitrogens with zero attached hydrogens (tertiary/aromatic N) is 1. The SMILES string of the molecule is CN1c2ccc(Cc3ccsc3)cc2Oc2cccc(C(=O)O)c21. The van der Waals surface area contributed by atoms with Crippen molar-refractivity contribution >= 4 is 28.7 Å². The monoisotopic (exact) mass is 337 g/mol. The minimum atomic E-state index is -0.958. The average molecular weight is 337 g/mol. The third kappa shape index (κ3) is 2.43. The smallest absolute Gasteiger partial charge is 0.337 e. The predicted octanol–water partition coefficient (Wildman–Crippen LogP) is 4.91. The number of carboxylic acids is 1. The molecule has 1 aliphatic heterocycles. The van der Waals surface area contributed by atoms with Crippen LogP contribution in [0.2, 0.25) is 0 Å². The first-order valence-corrected chi connectivity index (χ1v) is 8.49. The Morgan fingerprint density at radius 2 is 2.04 bits per heavy atom. The van der Waals surface area contributed by atoms with Gasteiger partial charge in [-0.3, -0.25) is 0 Å². The lowest BCUT2D eigenvalue weighted by Crippen LogP contribution is -2.19. The van der Waals surface area contributed by atoms with E-state index in [1.54, 1.807) is 29.5 Å². The number of anilines is 2. The highest BCUT2D eigenvalue weighted by molar-refractivity contribution is 7.07. The van der Waals surface area contributed by atoms with Gasteiger partial charge in [-0.2, -0.15) is 11.3 Å². The standard InChI is InChI=1S/C19H15NO3S/c1-20-15-6-5-12(9-13-7-8-24-11-13)10-17(15)23-16-4-2-3-14(18(16)20)19(21)22/h2-8,10-11H,9H2,1H3,(H,21,22). The number of para-hydroxylation sites is 1. The molecule has 5 heteroatoms. The van der Waals surface area contributed by atoms with E-state index in [2.05, 4.69) is 22.9 Å². The Labute approximate surface area is 143 Å². The van der Waals surface area contributed by atoms with Crippen LogP contribution in [0.25, 0.3) is 0 Å². The van der Waals surface area contributed by atoms with Crippen LogP contribution in [-0.2, 0) is 6.42 Å². The molecule has 2 heterocycles. The Morgan fingerprint density at radius 3 is 2.79 bits per heavy atom. The van der Waals surface area contributed by atoms with Gasteiger partial charge in [-0.15, -0.1) is 0 Å². The van der Waals surface area contributed by atoms with Crippen molar-refractivity contribution in [2.75, 3.05) is 11.9 Å². The fourth-order valence-electron chi connectivity index (χ4n) is 3.02. The van der Waals surface area contributed by atoms with Crippen molar-refractivity contribution in [2.45, 2.75) is 6.42 Å². The van der Waals surface area contributed by atoms with Gasteiger partial charge in [0.2, 0.25) is 0 Å². The first-order valence-electron chi connectivity index (χ1n) is 7.55. The quantitative estimate of drug-likeness (QED) is 0.738. The molecule has 0 bridgehead atoms. The number of hydrogen-bond donors (Lipinski definition) is 1. The molecular weight excluding hydrogens is 322 g/mol. The van der Waals surface area contributed by atoms with E-state index in [0.717, 1.165) is 17.9 Å². The van der Waals surface area contributed by atoms with Crippen LogP contribution in [0.4, 0.5) is 11.4 Å². The first-order chi connectivity index (χ1) is 11.6. The summed E-state index contributed by atoms with van der Waals surface area (Å²) < 4.78 is 6.00. The molecule has 0 amide bonds. The molecule has 0 fully saturated rings. The Kier molecular flexibility index (Phi) is 3.50. The van der Waals surface area contributed by atoms with Crippen LogP contribution in [0, 0.1) is 0 Å². The molecular formula is C19H15NO3S. The summed E-state index contributed by atoms with van der Waals surface area (Å²) in [5, 5.41) is 13.6. The van der Waals surface area contributed by atoms with Gasteiger partial charge in [0.25, 0.3) is 0 Å². The molecule has 0 unspecified atom stereocenters. The van der Waals surface area contributed by atoms with Crippen LogP contribution in [0.5, 0.6) is 11.5 Å². The molecule has 2 aromatic carbocycles. The van der Waals surface area contributed by atoms with Gasteiger partial charge in [-0.1, -0.05) is 12.1 Å². The molecule has 120 valence electrons. The largest absolute Gasteiger partial charge is 0.478 e. The zero-order valence-corrected chi connectivity index (χ0v) is 13.8. The lowest BCUT2D eigenvalue weighted by Gasteiger charge is -2.31. The maximum atomic E-state index is 11.5. The molecule has 0 saturated heterocycles. The van der Waals surface area contributed by atoms with Crippen molar-refractivity contribution in [3.63, 3.8) is 0 Å². The van der Waals surface area contributed by atoms with E-state index >= 15 is 0 Å². The van der Waals surface area contributed by atoms with Gasteiger partial charge in [0.15, 0.2) is 11.5 Å². The van der Waals surface area contributed by atoms with E-state index in [-0.39, 0.29) is 5.56 Å². The zero-order valence-electron chi connectivity index (χ0n) is 13.0. The highest BCUT2D eigenvalue weighted by atomic mass is 32.1. The lowest BCUT2D eigenvalue weighted by atomic mass is 10.0. The second kappa shape index (κ2) is 5.69. The van der Waals surface area contributed by atoms with Gasteiger partial charge < -0.3 is 14.7 Å². The molecule has 0 radical (unpaired) electrons. The van der Waals surface area contributed by atoms with E-state index in [1.165, 1.54) is 11.1 Å². The number of ether oxygens (including phenoxy) is 1. The minimum absolute atomic E-state index is 0.239. The molecule has 0 spiro atoms. The van der Waals surface area contributed by atoms with E-state index in [9.17, 15) is 9.90 Å². The molecule has 0 saturated carbocycles. The van der Waals surface area contributed by atoms with Crippen molar-refractivity contribution < 1.29 is 14.6 Å². The Hall–Kier alpha value is -2.79. The molecule has 3 aromatic rings. The topological polar surface area (TPSA) is 49.8 Å². The number of rotatable bonds is 3. The summed E-state index contributed by atoms with van der Waals surface area (Å²) in [5.41, 5.74) is 4.13. The average Bonchev–Trinajstić information content (AvgIpc) is 3.07. The molecule has 4 nitrogen and oxygen atoms in total. The van der Waals surface area contributed by atoms with Crippen LogP contribution in [-0.4, -0.2) is 18.1 Å². The second-order valence-electron chi connectivity index (χ2n) is 5.73. The Balaban J connectivity index is 1.74. The number of thiophene rings is 1. The summed E-state index contributed by atoms with van der Waals surface area (Å²) in [6.07, 6.45) is 0.853. The Morgan fingerprint density at radius 1 is 1.17 bits per heavy atom. The molecule has 1 aromatic heterocycles. The van der Waals surface area contributed by atoms with Gasteiger partial charge >= 0.3 is 5.97 Å². The molecule has 1 aliphatic rings. The van der Waals surface area contributed by atoms with Crippen molar-refractivity contribution in [1.82, 2.24) is 0 Å². The number of carbonyl (C=O) groups is 1. The van der Waals surface area contributed by atoms with E-state index in [1.807, 2.05) is 24.1 Å². The molecule has 1 N–H and O–H groups in total. The Bertz CT molecular complexity index is 918. The number of hydrogen-bond acceptors (Lipinski definition) is 4. The summed E-state index contributed by atoms with van der Waals surface area (Å²) in [4.78, 5) is 13.4.